The molecule has 1 aliphatic rings. The molecule has 1 N–H and O–H groups in total. The van der Waals surface area contributed by atoms with Crippen LogP contribution in [0.25, 0.3) is 5.82 Å². The van der Waals surface area contributed by atoms with Crippen molar-refractivity contribution in [2.24, 2.45) is 0 Å². The molecule has 6 heteroatoms. The van der Waals surface area contributed by atoms with Crippen LogP contribution in [0.3, 0.4) is 0 Å². The average molecular weight is 322 g/mol. The molecule has 0 aliphatic heterocycles. The second kappa shape index (κ2) is 5.88. The first-order valence-electron chi connectivity index (χ1n) is 7.74. The Balaban J connectivity index is 1.50. The number of carbonyl (C=O) groups excluding carboxylic acids is 1. The fourth-order valence-electron chi connectivity index (χ4n) is 3.03. The first-order valence-corrected chi connectivity index (χ1v) is 7.74. The van der Waals surface area contributed by atoms with E-state index in [-0.39, 0.29) is 17.8 Å². The number of imidazole rings is 1. The number of rotatable bonds is 3. The molecule has 0 unspecified atom stereocenters. The van der Waals surface area contributed by atoms with Crippen LogP contribution in [0.4, 0.5) is 4.39 Å². The topological polar surface area (TPSA) is 59.8 Å². The Kier molecular flexibility index (Phi) is 3.57. The molecule has 1 aromatic carbocycles. The summed E-state index contributed by atoms with van der Waals surface area (Å²) in [6, 6.07) is 8.09. The van der Waals surface area contributed by atoms with Crippen LogP contribution < -0.4 is 5.32 Å². The van der Waals surface area contributed by atoms with Crippen molar-refractivity contribution in [1.82, 2.24) is 19.9 Å². The van der Waals surface area contributed by atoms with E-state index < -0.39 is 0 Å². The van der Waals surface area contributed by atoms with Gasteiger partial charge in [-0.25, -0.2) is 14.4 Å². The number of pyridine rings is 1. The van der Waals surface area contributed by atoms with Crippen molar-refractivity contribution >= 4 is 5.91 Å². The maximum atomic E-state index is 13.4. The molecule has 0 spiro atoms. The largest absolute Gasteiger partial charge is 0.345 e. The van der Waals surface area contributed by atoms with E-state index in [0.29, 0.717) is 11.4 Å². The van der Waals surface area contributed by atoms with Gasteiger partial charge in [-0.2, -0.15) is 0 Å². The lowest BCUT2D eigenvalue weighted by Crippen LogP contribution is -2.27. The molecule has 1 atom stereocenters. The van der Waals surface area contributed by atoms with Crippen molar-refractivity contribution in [3.8, 4) is 5.82 Å². The molecular formula is C18H15FN4O. The molecule has 0 bridgehead atoms. The second-order valence-corrected chi connectivity index (χ2v) is 5.78. The van der Waals surface area contributed by atoms with E-state index in [0.717, 1.165) is 24.0 Å². The minimum Gasteiger partial charge on any atom is -0.345 e. The zero-order valence-corrected chi connectivity index (χ0v) is 12.8. The fourth-order valence-corrected chi connectivity index (χ4v) is 3.03. The van der Waals surface area contributed by atoms with Gasteiger partial charge in [0.15, 0.2) is 0 Å². The number of hydrogen-bond acceptors (Lipinski definition) is 3. The molecule has 120 valence electrons. The third kappa shape index (κ3) is 2.67. The SMILES string of the molecule is O=C(N[C@@H]1CCc2ccc(F)cc21)c1ccc(-n2ccnc2)nc1. The first-order chi connectivity index (χ1) is 11.7. The zero-order chi connectivity index (χ0) is 16.5. The minimum absolute atomic E-state index is 0.156. The Morgan fingerprint density at radius 1 is 1.29 bits per heavy atom. The number of carbonyl (C=O) groups is 1. The average Bonchev–Trinajstić information content (AvgIpc) is 3.25. The van der Waals surface area contributed by atoms with Gasteiger partial charge in [-0.15, -0.1) is 0 Å². The van der Waals surface area contributed by atoms with E-state index in [1.165, 1.54) is 18.3 Å². The molecule has 0 fully saturated rings. The molecule has 5 nitrogen and oxygen atoms in total. The highest BCUT2D eigenvalue weighted by molar-refractivity contribution is 5.94. The summed E-state index contributed by atoms with van der Waals surface area (Å²) in [6.07, 6.45) is 8.26. The summed E-state index contributed by atoms with van der Waals surface area (Å²) >= 11 is 0. The molecule has 1 amide bonds. The lowest BCUT2D eigenvalue weighted by Gasteiger charge is -2.14. The second-order valence-electron chi connectivity index (χ2n) is 5.78. The van der Waals surface area contributed by atoms with E-state index in [9.17, 15) is 9.18 Å². The highest BCUT2D eigenvalue weighted by Gasteiger charge is 2.24. The monoisotopic (exact) mass is 322 g/mol. The summed E-state index contributed by atoms with van der Waals surface area (Å²) in [6.45, 7) is 0. The zero-order valence-electron chi connectivity index (χ0n) is 12.8. The Morgan fingerprint density at radius 2 is 2.21 bits per heavy atom. The molecule has 4 rings (SSSR count). The van der Waals surface area contributed by atoms with Gasteiger partial charge in [0.25, 0.3) is 5.91 Å². The molecule has 24 heavy (non-hydrogen) atoms. The maximum Gasteiger partial charge on any atom is 0.253 e. The number of nitrogens with one attached hydrogen (secondary N) is 1. The number of nitrogens with zero attached hydrogens (tertiary/aromatic N) is 3. The van der Waals surface area contributed by atoms with Crippen LogP contribution in [0.15, 0.2) is 55.2 Å². The molecule has 0 saturated heterocycles. The number of fused-ring (bicyclic) bond motifs is 1. The van der Waals surface area contributed by atoms with E-state index in [2.05, 4.69) is 15.3 Å². The third-order valence-electron chi connectivity index (χ3n) is 4.27. The fraction of sp³-hybridized carbons (Fsp3) is 0.167. The number of amides is 1. The van der Waals surface area contributed by atoms with Crippen LogP contribution in [0.5, 0.6) is 0 Å². The highest BCUT2D eigenvalue weighted by atomic mass is 19.1. The maximum absolute atomic E-state index is 13.4. The Hall–Kier alpha value is -3.02. The number of benzene rings is 1. The molecule has 3 aromatic rings. The van der Waals surface area contributed by atoms with Gasteiger partial charge in [0.05, 0.1) is 11.6 Å². The summed E-state index contributed by atoms with van der Waals surface area (Å²) in [4.78, 5) is 20.7. The van der Waals surface area contributed by atoms with Crippen LogP contribution in [-0.4, -0.2) is 20.4 Å². The van der Waals surface area contributed by atoms with Gasteiger partial charge in [0.1, 0.15) is 18.0 Å². The van der Waals surface area contributed by atoms with Gasteiger partial charge in [0, 0.05) is 18.6 Å². The molecule has 0 saturated carbocycles. The van der Waals surface area contributed by atoms with Crippen LogP contribution in [0.1, 0.15) is 33.9 Å². The Bertz CT molecular complexity index is 875. The smallest absolute Gasteiger partial charge is 0.253 e. The molecule has 1 aliphatic carbocycles. The van der Waals surface area contributed by atoms with Gasteiger partial charge in [-0.3, -0.25) is 9.36 Å². The van der Waals surface area contributed by atoms with Crippen LogP contribution in [0, 0.1) is 5.82 Å². The van der Waals surface area contributed by atoms with Gasteiger partial charge >= 0.3 is 0 Å². The van der Waals surface area contributed by atoms with Gasteiger partial charge < -0.3 is 5.32 Å². The normalized spacial score (nSPS) is 16.0. The summed E-state index contributed by atoms with van der Waals surface area (Å²) in [5, 5.41) is 2.97. The third-order valence-corrected chi connectivity index (χ3v) is 4.27. The summed E-state index contributed by atoms with van der Waals surface area (Å²) in [5.41, 5.74) is 2.44. The molecule has 2 heterocycles. The number of aromatic nitrogens is 3. The van der Waals surface area contributed by atoms with E-state index in [4.69, 9.17) is 0 Å². The molecule has 0 radical (unpaired) electrons. The minimum atomic E-state index is -0.277. The number of aryl methyl sites for hydroxylation is 1. The number of halogens is 1. The molecule has 2 aromatic heterocycles. The van der Waals surface area contributed by atoms with E-state index in [1.54, 1.807) is 41.5 Å². The number of hydrogen-bond donors (Lipinski definition) is 1. The van der Waals surface area contributed by atoms with Gasteiger partial charge in [0.2, 0.25) is 0 Å². The lowest BCUT2D eigenvalue weighted by molar-refractivity contribution is 0.0936. The highest BCUT2D eigenvalue weighted by Crippen LogP contribution is 2.31. The Labute approximate surface area is 138 Å². The standard InChI is InChI=1S/C18H15FN4O/c19-14-4-1-12-2-5-16(15(12)9-14)22-18(24)13-3-6-17(21-10-13)23-8-7-20-11-23/h1,3-4,6-11,16H,2,5H2,(H,22,24)/t16-/m1/s1. The van der Waals surface area contributed by atoms with E-state index >= 15 is 0 Å². The van der Waals surface area contributed by atoms with Crippen LogP contribution in [-0.2, 0) is 6.42 Å². The van der Waals surface area contributed by atoms with Gasteiger partial charge in [-0.05, 0) is 48.2 Å². The van der Waals surface area contributed by atoms with Crippen molar-refractivity contribution < 1.29 is 9.18 Å². The lowest BCUT2D eigenvalue weighted by atomic mass is 10.1. The predicted octanol–water partition coefficient (Wildman–Crippen LogP) is 2.82. The molecular weight excluding hydrogens is 307 g/mol. The van der Waals surface area contributed by atoms with Crippen molar-refractivity contribution in [2.75, 3.05) is 0 Å². The van der Waals surface area contributed by atoms with E-state index in [1.807, 2.05) is 0 Å². The predicted molar refractivity (Wildman–Crippen MR) is 86.3 cm³/mol. The van der Waals surface area contributed by atoms with Gasteiger partial charge in [-0.1, -0.05) is 6.07 Å². The van der Waals surface area contributed by atoms with Crippen molar-refractivity contribution in [2.45, 2.75) is 18.9 Å². The quantitative estimate of drug-likeness (QED) is 0.806. The summed E-state index contributed by atoms with van der Waals surface area (Å²) < 4.78 is 15.2. The summed E-state index contributed by atoms with van der Waals surface area (Å²) in [7, 11) is 0. The van der Waals surface area contributed by atoms with Crippen molar-refractivity contribution in [1.29, 1.82) is 0 Å². The first kappa shape index (κ1) is 14.6. The van der Waals surface area contributed by atoms with Crippen LogP contribution in [0.2, 0.25) is 0 Å². The van der Waals surface area contributed by atoms with Crippen molar-refractivity contribution in [3.05, 3.63) is 77.8 Å². The van der Waals surface area contributed by atoms with Crippen LogP contribution >= 0.6 is 0 Å². The Morgan fingerprint density at radius 3 is 2.96 bits per heavy atom. The van der Waals surface area contributed by atoms with Crippen molar-refractivity contribution in [3.63, 3.8) is 0 Å². The summed E-state index contributed by atoms with van der Waals surface area (Å²) in [5.74, 6) is 0.209.